The van der Waals surface area contributed by atoms with E-state index in [9.17, 15) is 9.59 Å². The van der Waals surface area contributed by atoms with Gasteiger partial charge in [0.2, 0.25) is 5.91 Å². The summed E-state index contributed by atoms with van der Waals surface area (Å²) in [5.41, 5.74) is 0.525. The van der Waals surface area contributed by atoms with E-state index in [2.05, 4.69) is 21.2 Å². The number of carbonyl (C=O) groups excluding carboxylic acids is 2. The minimum Gasteiger partial charge on any atom is -0.353 e. The van der Waals surface area contributed by atoms with Crippen LogP contribution in [0.5, 0.6) is 0 Å². The van der Waals surface area contributed by atoms with Crippen LogP contribution in [0.15, 0.2) is 22.7 Å². The third kappa shape index (κ3) is 3.63. The maximum Gasteiger partial charge on any atom is 0.255 e. The summed E-state index contributed by atoms with van der Waals surface area (Å²) in [6.07, 6.45) is 3.64. The second-order valence-corrected chi connectivity index (χ2v) is 7.30. The number of benzene rings is 1. The molecule has 1 aromatic carbocycles. The Labute approximate surface area is 143 Å². The number of nitrogens with one attached hydrogen (secondary N) is 1. The van der Waals surface area contributed by atoms with Crippen molar-refractivity contribution in [2.75, 3.05) is 13.1 Å². The van der Waals surface area contributed by atoms with E-state index < -0.39 is 0 Å². The molecule has 22 heavy (non-hydrogen) atoms. The van der Waals surface area contributed by atoms with Crippen LogP contribution in [0.4, 0.5) is 0 Å². The Kier molecular flexibility index (Phi) is 4.73. The fourth-order valence-electron chi connectivity index (χ4n) is 2.72. The SMILES string of the molecule is O=C(NC1CCN(C(=O)c2cc(Br)ccc2Cl)CC1)C1CC1. The summed E-state index contributed by atoms with van der Waals surface area (Å²) in [7, 11) is 0. The van der Waals surface area contributed by atoms with Crippen molar-refractivity contribution in [3.05, 3.63) is 33.3 Å². The monoisotopic (exact) mass is 384 g/mol. The van der Waals surface area contributed by atoms with Crippen molar-refractivity contribution in [2.45, 2.75) is 31.7 Å². The summed E-state index contributed by atoms with van der Waals surface area (Å²) < 4.78 is 0.840. The highest BCUT2D eigenvalue weighted by Crippen LogP contribution is 2.29. The molecule has 1 saturated heterocycles. The molecule has 0 aromatic heterocycles. The highest BCUT2D eigenvalue weighted by Gasteiger charge is 2.32. The molecule has 118 valence electrons. The van der Waals surface area contributed by atoms with Crippen LogP contribution in [0.2, 0.25) is 5.02 Å². The Balaban J connectivity index is 1.57. The molecular weight excluding hydrogens is 368 g/mol. The summed E-state index contributed by atoms with van der Waals surface area (Å²) in [6, 6.07) is 5.49. The molecule has 4 nitrogen and oxygen atoms in total. The van der Waals surface area contributed by atoms with Gasteiger partial charge in [0.25, 0.3) is 5.91 Å². The molecule has 1 aromatic rings. The van der Waals surface area contributed by atoms with E-state index >= 15 is 0 Å². The van der Waals surface area contributed by atoms with E-state index in [1.165, 1.54) is 0 Å². The zero-order chi connectivity index (χ0) is 15.7. The van der Waals surface area contributed by atoms with Gasteiger partial charge in [0.05, 0.1) is 10.6 Å². The summed E-state index contributed by atoms with van der Waals surface area (Å²) >= 11 is 9.49. The van der Waals surface area contributed by atoms with E-state index in [0.29, 0.717) is 23.7 Å². The molecule has 0 spiro atoms. The second kappa shape index (κ2) is 6.59. The molecule has 1 aliphatic carbocycles. The standard InChI is InChI=1S/C16H18BrClN2O2/c17-11-3-4-14(18)13(9-11)16(22)20-7-5-12(6-8-20)19-15(21)10-1-2-10/h3-4,9-10,12H,1-2,5-8H2,(H,19,21). The maximum atomic E-state index is 12.6. The minimum absolute atomic E-state index is 0.0433. The van der Waals surface area contributed by atoms with Crippen LogP contribution in [0, 0.1) is 5.92 Å². The van der Waals surface area contributed by atoms with Gasteiger partial charge in [-0.1, -0.05) is 27.5 Å². The highest BCUT2D eigenvalue weighted by molar-refractivity contribution is 9.10. The van der Waals surface area contributed by atoms with Crippen LogP contribution in [0.3, 0.4) is 0 Å². The zero-order valence-corrected chi connectivity index (χ0v) is 14.5. The number of amides is 2. The number of piperidine rings is 1. The third-order valence-electron chi connectivity index (χ3n) is 4.24. The van der Waals surface area contributed by atoms with E-state index in [-0.39, 0.29) is 23.8 Å². The van der Waals surface area contributed by atoms with Gasteiger partial charge in [-0.25, -0.2) is 0 Å². The highest BCUT2D eigenvalue weighted by atomic mass is 79.9. The molecule has 2 aliphatic rings. The molecule has 6 heteroatoms. The average Bonchev–Trinajstić information content (AvgIpc) is 3.34. The Morgan fingerprint density at radius 3 is 2.50 bits per heavy atom. The minimum atomic E-state index is -0.0433. The van der Waals surface area contributed by atoms with E-state index in [4.69, 9.17) is 11.6 Å². The molecule has 0 atom stereocenters. The van der Waals surface area contributed by atoms with Crippen molar-refractivity contribution in [1.82, 2.24) is 10.2 Å². The maximum absolute atomic E-state index is 12.6. The molecule has 1 N–H and O–H groups in total. The first kappa shape index (κ1) is 15.8. The molecule has 3 rings (SSSR count). The lowest BCUT2D eigenvalue weighted by atomic mass is 10.0. The average molecular weight is 386 g/mol. The summed E-state index contributed by atoms with van der Waals surface area (Å²) in [4.78, 5) is 26.1. The number of hydrogen-bond donors (Lipinski definition) is 1. The van der Waals surface area contributed by atoms with Crippen molar-refractivity contribution < 1.29 is 9.59 Å². The molecule has 1 heterocycles. The first-order valence-electron chi connectivity index (χ1n) is 7.59. The Morgan fingerprint density at radius 1 is 1.18 bits per heavy atom. The Morgan fingerprint density at radius 2 is 1.86 bits per heavy atom. The Hall–Kier alpha value is -1.07. The fraction of sp³-hybridized carbons (Fsp3) is 0.500. The smallest absolute Gasteiger partial charge is 0.255 e. The van der Waals surface area contributed by atoms with Gasteiger partial charge in [0.15, 0.2) is 0 Å². The van der Waals surface area contributed by atoms with Gasteiger partial charge < -0.3 is 10.2 Å². The fourth-order valence-corrected chi connectivity index (χ4v) is 3.28. The quantitative estimate of drug-likeness (QED) is 0.868. The van der Waals surface area contributed by atoms with Crippen molar-refractivity contribution in [1.29, 1.82) is 0 Å². The lowest BCUT2D eigenvalue weighted by molar-refractivity contribution is -0.123. The molecule has 0 bridgehead atoms. The van der Waals surface area contributed by atoms with Gasteiger partial charge in [0.1, 0.15) is 0 Å². The summed E-state index contributed by atoms with van der Waals surface area (Å²) in [6.45, 7) is 1.30. The van der Waals surface area contributed by atoms with Crippen molar-refractivity contribution >= 4 is 39.3 Å². The van der Waals surface area contributed by atoms with Gasteiger partial charge in [-0.15, -0.1) is 0 Å². The molecule has 0 radical (unpaired) electrons. The molecule has 2 fully saturated rings. The van der Waals surface area contributed by atoms with E-state index in [1.807, 2.05) is 11.0 Å². The van der Waals surface area contributed by atoms with Crippen LogP contribution in [-0.4, -0.2) is 35.8 Å². The van der Waals surface area contributed by atoms with Gasteiger partial charge in [-0.2, -0.15) is 0 Å². The van der Waals surface area contributed by atoms with Crippen LogP contribution >= 0.6 is 27.5 Å². The predicted octanol–water partition coefficient (Wildman–Crippen LogP) is 3.23. The first-order chi connectivity index (χ1) is 10.5. The third-order valence-corrected chi connectivity index (χ3v) is 5.06. The normalized spacial score (nSPS) is 19.1. The summed E-state index contributed by atoms with van der Waals surface area (Å²) in [5.74, 6) is 0.373. The zero-order valence-electron chi connectivity index (χ0n) is 12.1. The number of carbonyl (C=O) groups is 2. The lowest BCUT2D eigenvalue weighted by Gasteiger charge is -2.32. The predicted molar refractivity (Wildman–Crippen MR) is 88.9 cm³/mol. The van der Waals surface area contributed by atoms with E-state index in [1.54, 1.807) is 12.1 Å². The molecule has 1 saturated carbocycles. The topological polar surface area (TPSA) is 49.4 Å². The number of rotatable bonds is 3. The van der Waals surface area contributed by atoms with Crippen LogP contribution in [0.1, 0.15) is 36.0 Å². The van der Waals surface area contributed by atoms with Crippen LogP contribution < -0.4 is 5.32 Å². The van der Waals surface area contributed by atoms with Gasteiger partial charge in [0, 0.05) is 29.5 Å². The number of nitrogens with zero attached hydrogens (tertiary/aromatic N) is 1. The van der Waals surface area contributed by atoms with Crippen molar-refractivity contribution in [3.63, 3.8) is 0 Å². The largest absolute Gasteiger partial charge is 0.353 e. The number of hydrogen-bond acceptors (Lipinski definition) is 2. The molecule has 2 amide bonds. The lowest BCUT2D eigenvalue weighted by Crippen LogP contribution is -2.47. The van der Waals surface area contributed by atoms with Crippen molar-refractivity contribution in [2.24, 2.45) is 5.92 Å². The van der Waals surface area contributed by atoms with Crippen molar-refractivity contribution in [3.8, 4) is 0 Å². The van der Waals surface area contributed by atoms with Gasteiger partial charge in [-0.05, 0) is 43.9 Å². The first-order valence-corrected chi connectivity index (χ1v) is 8.76. The van der Waals surface area contributed by atoms with Crippen LogP contribution in [-0.2, 0) is 4.79 Å². The summed E-state index contributed by atoms with van der Waals surface area (Å²) in [5, 5.41) is 3.56. The van der Waals surface area contributed by atoms with Crippen LogP contribution in [0.25, 0.3) is 0 Å². The van der Waals surface area contributed by atoms with Gasteiger partial charge in [-0.3, -0.25) is 9.59 Å². The molecular formula is C16H18BrClN2O2. The van der Waals surface area contributed by atoms with Gasteiger partial charge >= 0.3 is 0 Å². The molecule has 0 unspecified atom stereocenters. The molecule has 1 aliphatic heterocycles. The van der Waals surface area contributed by atoms with E-state index in [0.717, 1.165) is 30.2 Å². The number of halogens is 2. The second-order valence-electron chi connectivity index (χ2n) is 5.97. The number of likely N-dealkylation sites (tertiary alicyclic amines) is 1. The Bertz CT molecular complexity index is 596.